The highest BCUT2D eigenvalue weighted by atomic mass is 16.5. The van der Waals surface area contributed by atoms with Gasteiger partial charge in [0.15, 0.2) is 5.78 Å². The number of nitrogens with zero attached hydrogens (tertiary/aromatic N) is 1. The van der Waals surface area contributed by atoms with Crippen LogP contribution in [0.4, 0.5) is 5.69 Å². The van der Waals surface area contributed by atoms with E-state index >= 15 is 0 Å². The van der Waals surface area contributed by atoms with Crippen molar-refractivity contribution in [2.75, 3.05) is 38.1 Å². The zero-order valence-electron chi connectivity index (χ0n) is 11.9. The number of benzene rings is 1. The number of nitrogens with one attached hydrogen (secondary N) is 1. The molecule has 0 amide bonds. The minimum Gasteiger partial charge on any atom is -0.490 e. The van der Waals surface area contributed by atoms with Gasteiger partial charge in [-0.05, 0) is 44.1 Å². The van der Waals surface area contributed by atoms with E-state index in [1.54, 1.807) is 0 Å². The Bertz CT molecular complexity index is 481. The first kappa shape index (κ1) is 13.4. The molecular weight excluding hydrogens is 252 g/mol. The molecule has 0 radical (unpaired) electrons. The molecule has 3 rings (SSSR count). The number of hydrogen-bond acceptors (Lipinski definition) is 4. The van der Waals surface area contributed by atoms with Gasteiger partial charge in [0.2, 0.25) is 0 Å². The molecule has 2 aliphatic rings. The first-order chi connectivity index (χ1) is 9.83. The number of ketones is 1. The van der Waals surface area contributed by atoms with Crippen LogP contribution in [0, 0.1) is 0 Å². The Morgan fingerprint density at radius 1 is 1.25 bits per heavy atom. The number of carbonyl (C=O) groups is 1. The number of hydrogen-bond donors (Lipinski definition) is 1. The van der Waals surface area contributed by atoms with E-state index in [0.717, 1.165) is 43.2 Å². The topological polar surface area (TPSA) is 41.6 Å². The normalized spacial score (nSPS) is 18.8. The van der Waals surface area contributed by atoms with Crippen LogP contribution in [0.1, 0.15) is 36.0 Å². The van der Waals surface area contributed by atoms with Crippen molar-refractivity contribution >= 4 is 11.5 Å². The smallest absolute Gasteiger partial charge is 0.164 e. The van der Waals surface area contributed by atoms with Crippen LogP contribution < -0.4 is 10.1 Å². The lowest BCUT2D eigenvalue weighted by molar-refractivity contribution is 0.0958. The van der Waals surface area contributed by atoms with Crippen molar-refractivity contribution in [1.82, 2.24) is 4.90 Å². The number of Topliss-reactive ketones (excluding diaryl/α,β-unsaturated/α-hetero) is 1. The summed E-state index contributed by atoms with van der Waals surface area (Å²) in [6.07, 6.45) is 4.49. The van der Waals surface area contributed by atoms with Crippen LogP contribution in [-0.4, -0.2) is 43.5 Å². The molecule has 0 atom stereocenters. The Hall–Kier alpha value is -1.55. The lowest BCUT2D eigenvalue weighted by Gasteiger charge is -2.26. The Kier molecular flexibility index (Phi) is 4.21. The molecule has 1 aromatic carbocycles. The van der Waals surface area contributed by atoms with Crippen molar-refractivity contribution in [3.63, 3.8) is 0 Å². The summed E-state index contributed by atoms with van der Waals surface area (Å²) >= 11 is 0. The molecule has 2 heterocycles. The molecule has 0 saturated carbocycles. The number of fused-ring (bicyclic) bond motifs is 1. The maximum atomic E-state index is 12.3. The van der Waals surface area contributed by atoms with Crippen LogP contribution in [0.25, 0.3) is 0 Å². The van der Waals surface area contributed by atoms with E-state index < -0.39 is 0 Å². The molecule has 1 N–H and O–H groups in total. The molecule has 108 valence electrons. The molecule has 4 heteroatoms. The second-order valence-electron chi connectivity index (χ2n) is 5.56. The molecule has 0 spiro atoms. The highest BCUT2D eigenvalue weighted by molar-refractivity contribution is 5.97. The van der Waals surface area contributed by atoms with Gasteiger partial charge >= 0.3 is 0 Å². The van der Waals surface area contributed by atoms with E-state index in [1.165, 1.54) is 19.3 Å². The highest BCUT2D eigenvalue weighted by Gasteiger charge is 2.15. The van der Waals surface area contributed by atoms with Gasteiger partial charge in [0.1, 0.15) is 12.4 Å². The predicted octanol–water partition coefficient (Wildman–Crippen LogP) is 2.55. The number of anilines is 1. The van der Waals surface area contributed by atoms with E-state index in [2.05, 4.69) is 10.2 Å². The lowest BCUT2D eigenvalue weighted by atomic mass is 10.1. The molecule has 1 aromatic rings. The molecule has 1 fully saturated rings. The van der Waals surface area contributed by atoms with Crippen molar-refractivity contribution in [3.8, 4) is 5.75 Å². The second-order valence-corrected chi connectivity index (χ2v) is 5.56. The summed E-state index contributed by atoms with van der Waals surface area (Å²) in [6.45, 7) is 4.67. The number of ether oxygens (including phenoxy) is 1. The highest BCUT2D eigenvalue weighted by Crippen LogP contribution is 2.28. The van der Waals surface area contributed by atoms with Gasteiger partial charge in [-0.25, -0.2) is 0 Å². The zero-order valence-corrected chi connectivity index (χ0v) is 11.9. The van der Waals surface area contributed by atoms with Crippen LogP contribution in [-0.2, 0) is 0 Å². The van der Waals surface area contributed by atoms with E-state index in [-0.39, 0.29) is 5.78 Å². The van der Waals surface area contributed by atoms with Gasteiger partial charge in [-0.2, -0.15) is 0 Å². The van der Waals surface area contributed by atoms with Crippen LogP contribution in [0.2, 0.25) is 0 Å². The fraction of sp³-hybridized carbons (Fsp3) is 0.562. The molecular formula is C16H22N2O2. The molecule has 0 aliphatic carbocycles. The van der Waals surface area contributed by atoms with Gasteiger partial charge in [-0.15, -0.1) is 0 Å². The third-order valence-electron chi connectivity index (χ3n) is 4.08. The van der Waals surface area contributed by atoms with E-state index in [9.17, 15) is 4.79 Å². The molecule has 4 nitrogen and oxygen atoms in total. The van der Waals surface area contributed by atoms with E-state index in [0.29, 0.717) is 13.0 Å². The van der Waals surface area contributed by atoms with Gasteiger partial charge in [0, 0.05) is 25.1 Å². The quantitative estimate of drug-likeness (QED) is 0.857. The van der Waals surface area contributed by atoms with Crippen LogP contribution in [0.5, 0.6) is 5.75 Å². The summed E-state index contributed by atoms with van der Waals surface area (Å²) in [5.74, 6) is 1.08. The second kappa shape index (κ2) is 6.27. The van der Waals surface area contributed by atoms with Crippen LogP contribution in [0.3, 0.4) is 0 Å². The summed E-state index contributed by atoms with van der Waals surface area (Å²) < 4.78 is 5.53. The SMILES string of the molecule is O=C(CCN1CCCCC1)c1ccc2c(c1)NCCO2. The zero-order chi connectivity index (χ0) is 13.8. The number of piperidine rings is 1. The average molecular weight is 274 g/mol. The maximum Gasteiger partial charge on any atom is 0.164 e. The van der Waals surface area contributed by atoms with Gasteiger partial charge < -0.3 is 15.0 Å². The fourth-order valence-electron chi connectivity index (χ4n) is 2.90. The first-order valence-corrected chi connectivity index (χ1v) is 7.59. The van der Waals surface area contributed by atoms with Gasteiger partial charge in [-0.1, -0.05) is 6.42 Å². The third kappa shape index (κ3) is 3.12. The summed E-state index contributed by atoms with van der Waals surface area (Å²) in [5.41, 5.74) is 1.74. The minimum absolute atomic E-state index is 0.228. The van der Waals surface area contributed by atoms with Crippen molar-refractivity contribution < 1.29 is 9.53 Å². The monoisotopic (exact) mass is 274 g/mol. The molecule has 1 saturated heterocycles. The minimum atomic E-state index is 0.228. The molecule has 0 aromatic heterocycles. The van der Waals surface area contributed by atoms with Crippen molar-refractivity contribution in [3.05, 3.63) is 23.8 Å². The van der Waals surface area contributed by atoms with Gasteiger partial charge in [-0.3, -0.25) is 4.79 Å². The third-order valence-corrected chi connectivity index (χ3v) is 4.08. The Labute approximate surface area is 120 Å². The largest absolute Gasteiger partial charge is 0.490 e. The van der Waals surface area contributed by atoms with E-state index in [1.807, 2.05) is 18.2 Å². The Morgan fingerprint density at radius 3 is 2.95 bits per heavy atom. The lowest BCUT2D eigenvalue weighted by Crippen LogP contribution is -2.31. The summed E-state index contributed by atoms with van der Waals surface area (Å²) in [6, 6.07) is 5.70. The molecule has 0 unspecified atom stereocenters. The average Bonchev–Trinajstić information content (AvgIpc) is 2.53. The van der Waals surface area contributed by atoms with E-state index in [4.69, 9.17) is 4.74 Å². The van der Waals surface area contributed by atoms with Crippen molar-refractivity contribution in [2.45, 2.75) is 25.7 Å². The number of carbonyl (C=O) groups excluding carboxylic acids is 1. The first-order valence-electron chi connectivity index (χ1n) is 7.59. The Morgan fingerprint density at radius 2 is 2.10 bits per heavy atom. The summed E-state index contributed by atoms with van der Waals surface area (Å²) in [4.78, 5) is 14.7. The molecule has 0 bridgehead atoms. The summed E-state index contributed by atoms with van der Waals surface area (Å²) in [7, 11) is 0. The van der Waals surface area contributed by atoms with Crippen LogP contribution >= 0.6 is 0 Å². The molecule has 20 heavy (non-hydrogen) atoms. The number of likely N-dealkylation sites (tertiary alicyclic amines) is 1. The van der Waals surface area contributed by atoms with Gasteiger partial charge in [0.25, 0.3) is 0 Å². The summed E-state index contributed by atoms with van der Waals surface area (Å²) in [5, 5.41) is 3.28. The number of rotatable bonds is 4. The maximum absolute atomic E-state index is 12.3. The predicted molar refractivity (Wildman–Crippen MR) is 79.7 cm³/mol. The Balaban J connectivity index is 1.59. The van der Waals surface area contributed by atoms with Crippen molar-refractivity contribution in [2.24, 2.45) is 0 Å². The van der Waals surface area contributed by atoms with Crippen molar-refractivity contribution in [1.29, 1.82) is 0 Å². The standard InChI is InChI=1S/C16H22N2O2/c19-15(6-10-18-8-2-1-3-9-18)13-4-5-16-14(12-13)17-7-11-20-16/h4-5,12,17H,1-3,6-11H2. The fourth-order valence-corrected chi connectivity index (χ4v) is 2.90. The van der Waals surface area contributed by atoms with Gasteiger partial charge in [0.05, 0.1) is 5.69 Å². The van der Waals surface area contributed by atoms with Crippen LogP contribution in [0.15, 0.2) is 18.2 Å². The molecule has 2 aliphatic heterocycles.